The second-order valence-electron chi connectivity index (χ2n) is 4.14. The standard InChI is InChI=1S/C13H15N4O2S/c1-3-8-17-10(2)9-15-13(17)16-20(18,19)12-6-4-11(14)5-7-12/h3-9H,1,14H2,2H3,(H,15,16)/q+1/b17-8+. The Balaban J connectivity index is 2.42. The topological polar surface area (TPSA) is 87.6 Å². The molecule has 1 aliphatic rings. The summed E-state index contributed by atoms with van der Waals surface area (Å²) >= 11 is 0. The van der Waals surface area contributed by atoms with Crippen molar-refractivity contribution in [3.63, 3.8) is 0 Å². The third kappa shape index (κ3) is 2.77. The predicted octanol–water partition coefficient (Wildman–Crippen LogP) is 1.05. The van der Waals surface area contributed by atoms with Gasteiger partial charge in [0.15, 0.2) is 0 Å². The maximum atomic E-state index is 12.2. The highest BCUT2D eigenvalue weighted by molar-refractivity contribution is 7.90. The number of nitrogens with two attached hydrogens (primary N) is 1. The summed E-state index contributed by atoms with van der Waals surface area (Å²) in [4.78, 5) is 0.0871. The molecular formula is C13H15N4O2S+. The van der Waals surface area contributed by atoms with Crippen LogP contribution in [0.3, 0.4) is 0 Å². The minimum Gasteiger partial charge on any atom is -0.399 e. The van der Waals surface area contributed by atoms with Crippen LogP contribution in [0.1, 0.15) is 6.92 Å². The number of nitrogens with one attached hydrogen (secondary N) is 1. The lowest BCUT2D eigenvalue weighted by molar-refractivity contribution is -0.338. The van der Waals surface area contributed by atoms with E-state index < -0.39 is 10.0 Å². The van der Waals surface area contributed by atoms with Gasteiger partial charge in [-0.15, -0.1) is 0 Å². The normalized spacial score (nSPS) is 18.9. The van der Waals surface area contributed by atoms with Crippen LogP contribution in [-0.4, -0.2) is 25.2 Å². The van der Waals surface area contributed by atoms with Crippen molar-refractivity contribution in [2.24, 2.45) is 4.40 Å². The fourth-order valence-corrected chi connectivity index (χ4v) is 2.60. The summed E-state index contributed by atoms with van der Waals surface area (Å²) in [5.41, 5.74) is 6.85. The van der Waals surface area contributed by atoms with Gasteiger partial charge in [-0.05, 0) is 37.3 Å². The molecule has 1 aliphatic heterocycles. The van der Waals surface area contributed by atoms with Crippen molar-refractivity contribution in [1.82, 2.24) is 5.32 Å². The Hall–Kier alpha value is -2.41. The Morgan fingerprint density at radius 3 is 2.60 bits per heavy atom. The van der Waals surface area contributed by atoms with Gasteiger partial charge < -0.3 is 5.73 Å². The summed E-state index contributed by atoms with van der Waals surface area (Å²) in [5, 5.41) is 2.81. The molecule has 3 N–H and O–H groups in total. The molecule has 0 saturated heterocycles. The van der Waals surface area contributed by atoms with E-state index in [0.717, 1.165) is 5.70 Å². The molecule has 6 nitrogen and oxygen atoms in total. The molecule has 20 heavy (non-hydrogen) atoms. The van der Waals surface area contributed by atoms with Crippen LogP contribution in [0.5, 0.6) is 0 Å². The fourth-order valence-electron chi connectivity index (χ4n) is 1.65. The molecule has 2 rings (SSSR count). The van der Waals surface area contributed by atoms with Gasteiger partial charge in [0.1, 0.15) is 10.6 Å². The Morgan fingerprint density at radius 2 is 2.00 bits per heavy atom. The zero-order valence-electron chi connectivity index (χ0n) is 10.9. The van der Waals surface area contributed by atoms with Gasteiger partial charge in [0.05, 0.1) is 12.4 Å². The van der Waals surface area contributed by atoms with E-state index in [2.05, 4.69) is 16.3 Å². The summed E-state index contributed by atoms with van der Waals surface area (Å²) in [6.45, 7) is 5.41. The number of anilines is 1. The molecule has 1 aromatic carbocycles. The lowest BCUT2D eigenvalue weighted by Gasteiger charge is -1.99. The highest BCUT2D eigenvalue weighted by Gasteiger charge is 2.27. The fraction of sp³-hybridized carbons (Fsp3) is 0.0769. The van der Waals surface area contributed by atoms with E-state index in [0.29, 0.717) is 5.69 Å². The van der Waals surface area contributed by atoms with Crippen molar-refractivity contribution in [1.29, 1.82) is 0 Å². The number of sulfonamides is 1. The van der Waals surface area contributed by atoms with Crippen molar-refractivity contribution in [2.45, 2.75) is 11.8 Å². The van der Waals surface area contributed by atoms with Gasteiger partial charge in [0.25, 0.3) is 0 Å². The molecule has 0 saturated carbocycles. The van der Waals surface area contributed by atoms with Crippen molar-refractivity contribution >= 4 is 27.9 Å². The van der Waals surface area contributed by atoms with Gasteiger partial charge in [-0.25, -0.2) is 9.89 Å². The van der Waals surface area contributed by atoms with Crippen molar-refractivity contribution in [3.8, 4) is 0 Å². The highest BCUT2D eigenvalue weighted by atomic mass is 32.2. The Bertz CT molecular complexity index is 728. The van der Waals surface area contributed by atoms with Crippen molar-refractivity contribution in [3.05, 3.63) is 48.8 Å². The summed E-state index contributed by atoms with van der Waals surface area (Å²) < 4.78 is 29.8. The van der Waals surface area contributed by atoms with Crippen molar-refractivity contribution in [2.75, 3.05) is 5.73 Å². The molecule has 0 atom stereocenters. The largest absolute Gasteiger partial charge is 0.413 e. The van der Waals surface area contributed by atoms with Crippen LogP contribution >= 0.6 is 0 Å². The number of nitrogen functional groups attached to an aromatic ring is 1. The maximum Gasteiger partial charge on any atom is 0.413 e. The number of guanidine groups is 1. The van der Waals surface area contributed by atoms with Gasteiger partial charge in [-0.3, -0.25) is 0 Å². The zero-order chi connectivity index (χ0) is 14.8. The number of rotatable bonds is 3. The van der Waals surface area contributed by atoms with Gasteiger partial charge in [-0.2, -0.15) is 8.42 Å². The monoisotopic (exact) mass is 291 g/mol. The van der Waals surface area contributed by atoms with Crippen LogP contribution in [0, 0.1) is 0 Å². The van der Waals surface area contributed by atoms with E-state index >= 15 is 0 Å². The third-order valence-electron chi connectivity index (χ3n) is 2.66. The first-order valence-electron chi connectivity index (χ1n) is 5.83. The van der Waals surface area contributed by atoms with E-state index in [9.17, 15) is 8.42 Å². The smallest absolute Gasteiger partial charge is 0.399 e. The molecule has 0 radical (unpaired) electrons. The molecule has 7 heteroatoms. The second kappa shape index (κ2) is 5.30. The molecule has 0 amide bonds. The van der Waals surface area contributed by atoms with E-state index in [-0.39, 0.29) is 10.9 Å². The molecule has 1 heterocycles. The Kier molecular flexibility index (Phi) is 3.71. The highest BCUT2D eigenvalue weighted by Crippen LogP contribution is 2.15. The quantitative estimate of drug-likeness (QED) is 0.643. The average Bonchev–Trinajstić information content (AvgIpc) is 2.72. The van der Waals surface area contributed by atoms with Crippen LogP contribution < -0.4 is 11.1 Å². The summed E-state index contributed by atoms with van der Waals surface area (Å²) in [6, 6.07) is 5.88. The van der Waals surface area contributed by atoms with Gasteiger partial charge in [-0.1, -0.05) is 6.58 Å². The van der Waals surface area contributed by atoms with Crippen LogP contribution in [0.15, 0.2) is 58.1 Å². The van der Waals surface area contributed by atoms with E-state index in [1.807, 2.05) is 6.92 Å². The van der Waals surface area contributed by atoms with Crippen LogP contribution in [-0.2, 0) is 10.0 Å². The first kappa shape index (κ1) is 14.0. The first-order chi connectivity index (χ1) is 9.44. The van der Waals surface area contributed by atoms with Crippen molar-refractivity contribution < 1.29 is 13.0 Å². The number of allylic oxidation sites excluding steroid dienone is 2. The van der Waals surface area contributed by atoms with E-state index in [1.54, 1.807) is 23.1 Å². The molecule has 1 aromatic rings. The van der Waals surface area contributed by atoms with E-state index in [4.69, 9.17) is 5.73 Å². The van der Waals surface area contributed by atoms with Crippen LogP contribution in [0.2, 0.25) is 0 Å². The Morgan fingerprint density at radius 1 is 1.35 bits per heavy atom. The van der Waals surface area contributed by atoms with E-state index in [1.165, 1.54) is 24.3 Å². The molecule has 0 fully saturated rings. The van der Waals surface area contributed by atoms with Gasteiger partial charge >= 0.3 is 16.0 Å². The molecule has 0 bridgehead atoms. The number of hydrogen-bond donors (Lipinski definition) is 2. The minimum absolute atomic E-state index is 0.0871. The SMILES string of the molecule is C=C/C=[N+]1\C(C)=CNC1=NS(=O)(=O)c1ccc(N)cc1. The minimum atomic E-state index is -3.79. The van der Waals surface area contributed by atoms with Gasteiger partial charge in [0, 0.05) is 10.1 Å². The molecule has 0 unspecified atom stereocenters. The predicted molar refractivity (Wildman–Crippen MR) is 78.9 cm³/mol. The number of nitrogens with zero attached hydrogens (tertiary/aromatic N) is 2. The molecule has 0 spiro atoms. The summed E-state index contributed by atoms with van der Waals surface area (Å²) in [7, 11) is -3.79. The summed E-state index contributed by atoms with van der Waals surface area (Å²) in [5.74, 6) is 0.208. The molecule has 104 valence electrons. The number of benzene rings is 1. The van der Waals surface area contributed by atoms with Crippen LogP contribution in [0.4, 0.5) is 5.69 Å². The average molecular weight is 291 g/mol. The lowest BCUT2D eigenvalue weighted by atomic mass is 10.3. The van der Waals surface area contributed by atoms with Crippen LogP contribution in [0.25, 0.3) is 0 Å². The zero-order valence-corrected chi connectivity index (χ0v) is 11.8. The molecule has 0 aliphatic carbocycles. The Labute approximate surface area is 117 Å². The summed E-state index contributed by atoms with van der Waals surface area (Å²) in [6.07, 6.45) is 4.84. The lowest BCUT2D eigenvalue weighted by Crippen LogP contribution is -2.25. The maximum absolute atomic E-state index is 12.2. The first-order valence-corrected chi connectivity index (χ1v) is 7.27. The number of hydrogen-bond acceptors (Lipinski definition) is 3. The third-order valence-corrected chi connectivity index (χ3v) is 3.94. The molecule has 0 aromatic heterocycles. The second-order valence-corrected chi connectivity index (χ2v) is 5.75. The molecular weight excluding hydrogens is 276 g/mol. The van der Waals surface area contributed by atoms with Gasteiger partial charge in [0.2, 0.25) is 0 Å².